The highest BCUT2D eigenvalue weighted by molar-refractivity contribution is 6.33. The van der Waals surface area contributed by atoms with Crippen molar-refractivity contribution in [2.75, 3.05) is 25.7 Å². The molecule has 1 amide bonds. The van der Waals surface area contributed by atoms with E-state index in [4.69, 9.17) is 21.1 Å². The molecule has 0 aliphatic carbocycles. The molecule has 0 bridgehead atoms. The van der Waals surface area contributed by atoms with Gasteiger partial charge in [-0.05, 0) is 29.3 Å². The molecule has 0 unspecified atom stereocenters. The second-order valence-corrected chi connectivity index (χ2v) is 8.50. The summed E-state index contributed by atoms with van der Waals surface area (Å²) in [5.74, 6) is 1.38. The number of carbonyl (C=O) groups is 1. The number of hydrogen-bond donors (Lipinski definition) is 0. The lowest BCUT2D eigenvalue weighted by Gasteiger charge is -2.23. The summed E-state index contributed by atoms with van der Waals surface area (Å²) in [6.45, 7) is 0.399. The number of rotatable bonds is 10. The summed E-state index contributed by atoms with van der Waals surface area (Å²) in [4.78, 5) is 28.6. The maximum Gasteiger partial charge on any atom is 0.232 e. The molecule has 0 radical (unpaired) electrons. The van der Waals surface area contributed by atoms with Crippen LogP contribution in [0.1, 0.15) is 22.5 Å². The van der Waals surface area contributed by atoms with Crippen LogP contribution in [0.3, 0.4) is 0 Å². The molecule has 7 nitrogen and oxygen atoms in total. The van der Waals surface area contributed by atoms with Gasteiger partial charge in [-0.25, -0.2) is 9.97 Å². The van der Waals surface area contributed by atoms with Crippen molar-refractivity contribution in [2.45, 2.75) is 19.3 Å². The molecule has 36 heavy (non-hydrogen) atoms. The number of methoxy groups -OCH3 is 2. The molecule has 0 fully saturated rings. The lowest BCUT2D eigenvalue weighted by Crippen LogP contribution is -2.35. The van der Waals surface area contributed by atoms with Gasteiger partial charge in [0.15, 0.2) is 0 Å². The van der Waals surface area contributed by atoms with Crippen molar-refractivity contribution >= 4 is 23.3 Å². The standard InChI is InChI=1S/C28H27ClN4O3/c1-35-24-15-21(28(29)25(18-24)36-2)16-27(34)33(13-11-22-10-6-7-12-30-22)26-17-23(31-19-32-26)14-20-8-4-3-5-9-20/h3-10,12,15,17-19H,11,13-14,16H2,1-2H3. The number of carbonyl (C=O) groups excluding carboxylic acids is 1. The number of nitrogens with zero attached hydrogens (tertiary/aromatic N) is 4. The Morgan fingerprint density at radius 3 is 2.44 bits per heavy atom. The molecular weight excluding hydrogens is 476 g/mol. The molecule has 4 rings (SSSR count). The van der Waals surface area contributed by atoms with E-state index in [0.717, 1.165) is 17.0 Å². The molecular formula is C28H27ClN4O3. The average Bonchev–Trinajstić information content (AvgIpc) is 2.91. The van der Waals surface area contributed by atoms with Crippen molar-refractivity contribution in [3.63, 3.8) is 0 Å². The van der Waals surface area contributed by atoms with Crippen LogP contribution in [-0.4, -0.2) is 41.6 Å². The summed E-state index contributed by atoms with van der Waals surface area (Å²) in [6, 6.07) is 21.1. The fourth-order valence-corrected chi connectivity index (χ4v) is 4.11. The second-order valence-electron chi connectivity index (χ2n) is 8.13. The fourth-order valence-electron chi connectivity index (χ4n) is 3.86. The van der Waals surface area contributed by atoms with E-state index in [0.29, 0.717) is 47.3 Å². The van der Waals surface area contributed by atoms with Gasteiger partial charge < -0.3 is 9.47 Å². The highest BCUT2D eigenvalue weighted by atomic mass is 35.5. The van der Waals surface area contributed by atoms with Gasteiger partial charge in [-0.15, -0.1) is 0 Å². The molecule has 0 N–H and O–H groups in total. The lowest BCUT2D eigenvalue weighted by atomic mass is 10.1. The summed E-state index contributed by atoms with van der Waals surface area (Å²) in [6.07, 6.45) is 4.49. The van der Waals surface area contributed by atoms with Crippen LogP contribution in [0.5, 0.6) is 11.5 Å². The third-order valence-electron chi connectivity index (χ3n) is 5.72. The predicted molar refractivity (Wildman–Crippen MR) is 140 cm³/mol. The first-order valence-corrected chi connectivity index (χ1v) is 11.9. The Hall–Kier alpha value is -3.97. The van der Waals surface area contributed by atoms with E-state index in [2.05, 4.69) is 15.0 Å². The van der Waals surface area contributed by atoms with Crippen molar-refractivity contribution in [3.8, 4) is 11.5 Å². The zero-order chi connectivity index (χ0) is 25.3. The van der Waals surface area contributed by atoms with Crippen LogP contribution in [0.15, 0.2) is 79.3 Å². The maximum absolute atomic E-state index is 13.7. The number of halogens is 1. The number of benzene rings is 2. The summed E-state index contributed by atoms with van der Waals surface area (Å²) in [7, 11) is 3.09. The summed E-state index contributed by atoms with van der Waals surface area (Å²) in [5.41, 5.74) is 3.45. The Balaban J connectivity index is 1.63. The number of hydrogen-bond acceptors (Lipinski definition) is 6. The lowest BCUT2D eigenvalue weighted by molar-refractivity contribution is -0.118. The van der Waals surface area contributed by atoms with Crippen LogP contribution in [0, 0.1) is 0 Å². The number of aromatic nitrogens is 3. The minimum absolute atomic E-state index is 0.0482. The number of anilines is 1. The van der Waals surface area contributed by atoms with E-state index in [1.807, 2.05) is 54.6 Å². The SMILES string of the molecule is COc1cc(CC(=O)N(CCc2ccccn2)c2cc(Cc3ccccc3)ncn2)c(Cl)c(OC)c1. The van der Waals surface area contributed by atoms with Gasteiger partial charge >= 0.3 is 0 Å². The topological polar surface area (TPSA) is 77.4 Å². The third-order valence-corrected chi connectivity index (χ3v) is 6.15. The van der Waals surface area contributed by atoms with Gasteiger partial charge in [0.05, 0.1) is 31.4 Å². The highest BCUT2D eigenvalue weighted by Crippen LogP contribution is 2.33. The van der Waals surface area contributed by atoms with Gasteiger partial charge in [-0.1, -0.05) is 48.0 Å². The van der Waals surface area contributed by atoms with Gasteiger partial charge in [-0.3, -0.25) is 14.7 Å². The fraction of sp³-hybridized carbons (Fsp3) is 0.214. The van der Waals surface area contributed by atoms with Crippen molar-refractivity contribution in [2.24, 2.45) is 0 Å². The van der Waals surface area contributed by atoms with Crippen molar-refractivity contribution < 1.29 is 14.3 Å². The third kappa shape index (κ3) is 6.37. The first kappa shape index (κ1) is 25.1. The van der Waals surface area contributed by atoms with Crippen LogP contribution < -0.4 is 14.4 Å². The smallest absolute Gasteiger partial charge is 0.232 e. The normalized spacial score (nSPS) is 10.6. The second kappa shape index (κ2) is 12.1. The van der Waals surface area contributed by atoms with Gasteiger partial charge in [0.25, 0.3) is 0 Å². The Morgan fingerprint density at radius 1 is 0.917 bits per heavy atom. The van der Waals surface area contributed by atoms with E-state index >= 15 is 0 Å². The Labute approximate surface area is 215 Å². The monoisotopic (exact) mass is 502 g/mol. The van der Waals surface area contributed by atoms with Crippen LogP contribution in [0.4, 0.5) is 5.82 Å². The van der Waals surface area contributed by atoms with Crippen molar-refractivity contribution in [1.29, 1.82) is 0 Å². The largest absolute Gasteiger partial charge is 0.497 e. The van der Waals surface area contributed by atoms with Gasteiger partial charge in [-0.2, -0.15) is 0 Å². The summed E-state index contributed by atoms with van der Waals surface area (Å²) < 4.78 is 10.7. The van der Waals surface area contributed by atoms with Crippen LogP contribution in [0.25, 0.3) is 0 Å². The van der Waals surface area contributed by atoms with Gasteiger partial charge in [0, 0.05) is 43.4 Å². The van der Waals surface area contributed by atoms with Gasteiger partial charge in [0.1, 0.15) is 23.6 Å². The minimum Gasteiger partial charge on any atom is -0.497 e. The molecule has 0 saturated heterocycles. The Bertz CT molecular complexity index is 1300. The molecule has 2 aromatic heterocycles. The van der Waals surface area contributed by atoms with E-state index < -0.39 is 0 Å². The van der Waals surface area contributed by atoms with E-state index in [-0.39, 0.29) is 12.3 Å². The van der Waals surface area contributed by atoms with Gasteiger partial charge in [0.2, 0.25) is 5.91 Å². The molecule has 2 aromatic carbocycles. The maximum atomic E-state index is 13.7. The van der Waals surface area contributed by atoms with Crippen LogP contribution in [-0.2, 0) is 24.1 Å². The molecule has 0 spiro atoms. The molecule has 4 aromatic rings. The van der Waals surface area contributed by atoms with Crippen LogP contribution in [0.2, 0.25) is 5.02 Å². The molecule has 8 heteroatoms. The van der Waals surface area contributed by atoms with E-state index in [9.17, 15) is 4.79 Å². The van der Waals surface area contributed by atoms with Crippen molar-refractivity contribution in [1.82, 2.24) is 15.0 Å². The minimum atomic E-state index is -0.160. The Morgan fingerprint density at radius 2 is 1.72 bits per heavy atom. The molecule has 0 saturated carbocycles. The first-order valence-electron chi connectivity index (χ1n) is 11.5. The molecule has 0 aliphatic heterocycles. The molecule has 0 atom stereocenters. The molecule has 2 heterocycles. The average molecular weight is 503 g/mol. The molecule has 184 valence electrons. The van der Waals surface area contributed by atoms with E-state index in [1.165, 1.54) is 13.4 Å². The first-order chi connectivity index (χ1) is 17.6. The van der Waals surface area contributed by atoms with Crippen LogP contribution >= 0.6 is 11.6 Å². The van der Waals surface area contributed by atoms with Crippen molar-refractivity contribution in [3.05, 3.63) is 107 Å². The summed E-state index contributed by atoms with van der Waals surface area (Å²) >= 11 is 6.53. The Kier molecular flexibility index (Phi) is 8.47. The highest BCUT2D eigenvalue weighted by Gasteiger charge is 2.21. The zero-order valence-corrected chi connectivity index (χ0v) is 21.0. The zero-order valence-electron chi connectivity index (χ0n) is 20.2. The number of amides is 1. The molecule has 0 aliphatic rings. The van der Waals surface area contributed by atoms with E-state index in [1.54, 1.807) is 30.3 Å². The summed E-state index contributed by atoms with van der Waals surface area (Å²) in [5, 5.41) is 0.379. The predicted octanol–water partition coefficient (Wildman–Crippen LogP) is 4.95. The number of ether oxygens (including phenoxy) is 2. The number of pyridine rings is 1. The quantitative estimate of drug-likeness (QED) is 0.305.